The van der Waals surface area contributed by atoms with E-state index in [1.54, 1.807) is 14.2 Å². The summed E-state index contributed by atoms with van der Waals surface area (Å²) in [6.07, 6.45) is 3.88. The van der Waals surface area contributed by atoms with Crippen molar-refractivity contribution in [2.75, 3.05) is 14.2 Å². The van der Waals surface area contributed by atoms with Gasteiger partial charge in [0.2, 0.25) is 5.91 Å². The molecule has 2 aliphatic rings. The molecule has 1 N–H and O–H groups in total. The van der Waals surface area contributed by atoms with Crippen LogP contribution in [0.3, 0.4) is 0 Å². The molecule has 4 nitrogen and oxygen atoms in total. The van der Waals surface area contributed by atoms with Gasteiger partial charge >= 0.3 is 0 Å². The highest BCUT2D eigenvalue weighted by molar-refractivity contribution is 5.93. The Balaban J connectivity index is 2.06. The summed E-state index contributed by atoms with van der Waals surface area (Å²) in [5.74, 6) is 1.52. The van der Waals surface area contributed by atoms with Crippen LogP contribution in [-0.4, -0.2) is 25.7 Å². The van der Waals surface area contributed by atoms with Crippen LogP contribution in [0.2, 0.25) is 0 Å². The molecule has 1 amide bonds. The first kappa shape index (κ1) is 16.6. The van der Waals surface area contributed by atoms with Gasteiger partial charge in [-0.3, -0.25) is 4.79 Å². The van der Waals surface area contributed by atoms with Gasteiger partial charge in [-0.15, -0.1) is 0 Å². The van der Waals surface area contributed by atoms with Crippen molar-refractivity contribution in [2.24, 2.45) is 11.3 Å². The summed E-state index contributed by atoms with van der Waals surface area (Å²) in [6, 6.07) is 10.1. The molecule has 0 bridgehead atoms. The molecular formula is C20H25NO3. The number of rotatable bonds is 4. The second kappa shape index (κ2) is 5.69. The normalized spacial score (nSPS) is 28.2. The topological polar surface area (TPSA) is 47.6 Å². The van der Waals surface area contributed by atoms with Crippen LogP contribution in [0, 0.1) is 11.3 Å². The predicted octanol–water partition coefficient (Wildman–Crippen LogP) is 3.38. The molecule has 0 spiro atoms. The Bertz CT molecular complexity index is 699. The third-order valence-electron chi connectivity index (χ3n) is 4.77. The first-order valence-corrected chi connectivity index (χ1v) is 8.24. The molecule has 0 unspecified atom stereocenters. The molecule has 0 heterocycles. The maximum Gasteiger partial charge on any atom is 0.235 e. The number of ether oxygens (including phenoxy) is 2. The van der Waals surface area contributed by atoms with Gasteiger partial charge in [-0.05, 0) is 32.4 Å². The van der Waals surface area contributed by atoms with Crippen molar-refractivity contribution in [3.05, 3.63) is 59.6 Å². The first-order valence-electron chi connectivity index (χ1n) is 8.24. The van der Waals surface area contributed by atoms with Crippen LogP contribution in [0.4, 0.5) is 0 Å². The molecule has 1 fully saturated rings. The van der Waals surface area contributed by atoms with Crippen LogP contribution in [0.15, 0.2) is 54.0 Å². The van der Waals surface area contributed by atoms with E-state index in [2.05, 4.69) is 17.4 Å². The van der Waals surface area contributed by atoms with Gasteiger partial charge in [-0.2, -0.15) is 0 Å². The standard InChI is InChI=1S/C20H25NO3/c1-19(2,3)21-18(22)20-15(11-14(23-4)12-16(20)24-5)17(20)13-9-7-6-8-10-13/h6-12,15,17H,1-5H3,(H,21,22)/t15-,17-,20-/m1/s1. The third-order valence-corrected chi connectivity index (χ3v) is 4.77. The highest BCUT2D eigenvalue weighted by atomic mass is 16.5. The minimum Gasteiger partial charge on any atom is -0.500 e. The summed E-state index contributed by atoms with van der Waals surface area (Å²) in [5.41, 5.74) is 0.151. The number of hydrogen-bond donors (Lipinski definition) is 1. The van der Waals surface area contributed by atoms with E-state index < -0.39 is 5.41 Å². The zero-order valence-corrected chi connectivity index (χ0v) is 14.9. The molecule has 0 saturated heterocycles. The molecule has 0 aliphatic heterocycles. The highest BCUT2D eigenvalue weighted by Crippen LogP contribution is 2.71. The first-order chi connectivity index (χ1) is 11.3. The number of methoxy groups -OCH3 is 2. The zero-order chi connectivity index (χ0) is 17.5. The number of benzene rings is 1. The van der Waals surface area contributed by atoms with E-state index in [4.69, 9.17) is 9.47 Å². The summed E-state index contributed by atoms with van der Waals surface area (Å²) in [6.45, 7) is 5.98. The smallest absolute Gasteiger partial charge is 0.235 e. The lowest BCUT2D eigenvalue weighted by Crippen LogP contribution is -2.46. The SMILES string of the molecule is COC1=C[C@@H]2[C@@H](c3ccccc3)[C@]2(C(=O)NC(C)(C)C)C(OC)=C1. The number of carbonyl (C=O) groups excluding carboxylic acids is 1. The van der Waals surface area contributed by atoms with Crippen molar-refractivity contribution in [1.29, 1.82) is 0 Å². The van der Waals surface area contributed by atoms with E-state index in [1.807, 2.05) is 51.1 Å². The molecule has 1 aromatic carbocycles. The van der Waals surface area contributed by atoms with E-state index in [0.717, 1.165) is 11.3 Å². The monoisotopic (exact) mass is 327 g/mol. The second-order valence-corrected chi connectivity index (χ2v) is 7.47. The lowest BCUT2D eigenvalue weighted by molar-refractivity contribution is -0.128. The summed E-state index contributed by atoms with van der Waals surface area (Å²) >= 11 is 0. The van der Waals surface area contributed by atoms with Crippen LogP contribution in [0.25, 0.3) is 0 Å². The van der Waals surface area contributed by atoms with E-state index in [-0.39, 0.29) is 23.3 Å². The maximum atomic E-state index is 13.2. The van der Waals surface area contributed by atoms with Gasteiger partial charge in [0.25, 0.3) is 0 Å². The number of nitrogens with one attached hydrogen (secondary N) is 1. The average Bonchev–Trinajstić information content (AvgIpc) is 3.23. The Labute approximate surface area is 143 Å². The molecule has 1 aromatic rings. The van der Waals surface area contributed by atoms with Crippen LogP contribution < -0.4 is 5.32 Å². The molecular weight excluding hydrogens is 302 g/mol. The summed E-state index contributed by atoms with van der Waals surface area (Å²) in [7, 11) is 3.26. The molecule has 3 atom stereocenters. The Morgan fingerprint density at radius 2 is 1.79 bits per heavy atom. The number of fused-ring (bicyclic) bond motifs is 1. The van der Waals surface area contributed by atoms with Crippen LogP contribution >= 0.6 is 0 Å². The van der Waals surface area contributed by atoms with Gasteiger partial charge in [0.15, 0.2) is 0 Å². The lowest BCUT2D eigenvalue weighted by Gasteiger charge is -2.28. The third kappa shape index (κ3) is 2.50. The van der Waals surface area contributed by atoms with E-state index in [0.29, 0.717) is 5.76 Å². The fourth-order valence-electron chi connectivity index (χ4n) is 3.77. The zero-order valence-electron chi connectivity index (χ0n) is 14.9. The Kier molecular flexibility index (Phi) is 3.94. The minimum atomic E-state index is -0.689. The highest BCUT2D eigenvalue weighted by Gasteiger charge is 2.73. The summed E-state index contributed by atoms with van der Waals surface area (Å²) < 4.78 is 11.1. The molecule has 3 rings (SSSR count). The maximum absolute atomic E-state index is 13.2. The van der Waals surface area contributed by atoms with Crippen molar-refractivity contribution >= 4 is 5.91 Å². The number of amides is 1. The van der Waals surface area contributed by atoms with E-state index >= 15 is 0 Å². The number of hydrogen-bond acceptors (Lipinski definition) is 3. The Morgan fingerprint density at radius 1 is 1.12 bits per heavy atom. The van der Waals surface area contributed by atoms with Gasteiger partial charge in [-0.25, -0.2) is 0 Å². The van der Waals surface area contributed by atoms with Gasteiger partial charge in [0.05, 0.1) is 14.2 Å². The van der Waals surface area contributed by atoms with Gasteiger partial charge in [-0.1, -0.05) is 30.3 Å². The summed E-state index contributed by atoms with van der Waals surface area (Å²) in [4.78, 5) is 13.2. The van der Waals surface area contributed by atoms with Crippen molar-refractivity contribution in [3.8, 4) is 0 Å². The molecule has 0 aromatic heterocycles. The fourth-order valence-corrected chi connectivity index (χ4v) is 3.77. The molecule has 2 aliphatic carbocycles. The largest absolute Gasteiger partial charge is 0.500 e. The van der Waals surface area contributed by atoms with Gasteiger partial charge in [0, 0.05) is 23.5 Å². The van der Waals surface area contributed by atoms with Crippen molar-refractivity contribution in [1.82, 2.24) is 5.32 Å². The molecule has 1 saturated carbocycles. The average molecular weight is 327 g/mol. The Hall–Kier alpha value is -2.23. The fraction of sp³-hybridized carbons (Fsp3) is 0.450. The van der Waals surface area contributed by atoms with Crippen molar-refractivity contribution in [2.45, 2.75) is 32.2 Å². The number of carbonyl (C=O) groups is 1. The molecule has 24 heavy (non-hydrogen) atoms. The molecule has 0 radical (unpaired) electrons. The van der Waals surface area contributed by atoms with Crippen LogP contribution in [0.1, 0.15) is 32.3 Å². The van der Waals surface area contributed by atoms with E-state index in [9.17, 15) is 4.79 Å². The Morgan fingerprint density at radius 3 is 2.33 bits per heavy atom. The van der Waals surface area contributed by atoms with Gasteiger partial charge in [0.1, 0.15) is 16.9 Å². The van der Waals surface area contributed by atoms with E-state index in [1.165, 1.54) is 0 Å². The lowest BCUT2D eigenvalue weighted by atomic mass is 9.91. The second-order valence-electron chi connectivity index (χ2n) is 7.47. The van der Waals surface area contributed by atoms with Crippen molar-refractivity contribution < 1.29 is 14.3 Å². The summed E-state index contributed by atoms with van der Waals surface area (Å²) in [5, 5.41) is 3.14. The van der Waals surface area contributed by atoms with Crippen molar-refractivity contribution in [3.63, 3.8) is 0 Å². The van der Waals surface area contributed by atoms with Gasteiger partial charge < -0.3 is 14.8 Å². The minimum absolute atomic E-state index is 0.00774. The number of allylic oxidation sites excluding steroid dienone is 2. The van der Waals surface area contributed by atoms with Crippen LogP contribution in [0.5, 0.6) is 0 Å². The predicted molar refractivity (Wildman–Crippen MR) is 93.2 cm³/mol. The van der Waals surface area contributed by atoms with Crippen LogP contribution in [-0.2, 0) is 14.3 Å². The quantitative estimate of drug-likeness (QED) is 0.922. The molecule has 4 heteroatoms. The molecule has 128 valence electrons.